The number of benzene rings is 4. The van der Waals surface area contributed by atoms with E-state index in [-0.39, 0.29) is 0 Å². The number of rotatable bonds is 8. The predicted octanol–water partition coefficient (Wildman–Crippen LogP) is 10.4. The van der Waals surface area contributed by atoms with Crippen molar-refractivity contribution in [1.29, 1.82) is 21.0 Å². The van der Waals surface area contributed by atoms with Crippen molar-refractivity contribution in [3.05, 3.63) is 168 Å². The van der Waals surface area contributed by atoms with Gasteiger partial charge in [0.05, 0.1) is 61.3 Å². The quantitative estimate of drug-likeness (QED) is 0.109. The second kappa shape index (κ2) is 16.8. The van der Waals surface area contributed by atoms with Gasteiger partial charge in [0, 0.05) is 68.0 Å². The summed E-state index contributed by atoms with van der Waals surface area (Å²) in [4.78, 5) is 47.0. The molecule has 0 radical (unpaired) electrons. The van der Waals surface area contributed by atoms with Crippen molar-refractivity contribution >= 4 is 34.0 Å². The van der Waals surface area contributed by atoms with Crippen LogP contribution in [0.3, 0.4) is 0 Å². The first-order valence-electron chi connectivity index (χ1n) is 21.6. The van der Waals surface area contributed by atoms with Gasteiger partial charge in [-0.1, -0.05) is 121 Å². The molecule has 2 N–H and O–H groups in total. The van der Waals surface area contributed by atoms with Crippen molar-refractivity contribution in [1.82, 2.24) is 19.9 Å². The van der Waals surface area contributed by atoms with E-state index in [4.69, 9.17) is 19.4 Å². The van der Waals surface area contributed by atoms with Crippen molar-refractivity contribution < 1.29 is 19.1 Å². The third kappa shape index (κ3) is 6.46. The van der Waals surface area contributed by atoms with Gasteiger partial charge in [-0.25, -0.2) is 0 Å². The first-order chi connectivity index (χ1) is 32.8. The molecule has 1 saturated carbocycles. The Hall–Kier alpha value is -9.10. The average Bonchev–Trinajstić information content (AvgIpc) is 3.92. The Morgan fingerprint density at radius 3 is 1.00 bits per heavy atom. The van der Waals surface area contributed by atoms with Crippen LogP contribution in [0, 0.1) is 62.6 Å². The van der Waals surface area contributed by atoms with Gasteiger partial charge in [0.15, 0.2) is 5.41 Å². The van der Waals surface area contributed by atoms with E-state index >= 15 is 0 Å². The molecule has 12 heteroatoms. The minimum atomic E-state index is -1.79. The number of hydrogen-bond donors (Lipinski definition) is 2. The summed E-state index contributed by atoms with van der Waals surface area (Å²) in [5, 5.41) is 43.1. The van der Waals surface area contributed by atoms with Crippen LogP contribution < -0.4 is 0 Å². The van der Waals surface area contributed by atoms with Crippen LogP contribution in [-0.2, 0) is 19.1 Å². The summed E-state index contributed by atoms with van der Waals surface area (Å²) < 4.78 is 11.0. The summed E-state index contributed by atoms with van der Waals surface area (Å²) in [5.74, 6) is -7.87. The van der Waals surface area contributed by atoms with Gasteiger partial charge in [0.1, 0.15) is 11.8 Å². The van der Waals surface area contributed by atoms with Gasteiger partial charge in [-0.15, -0.1) is 0 Å². The lowest BCUT2D eigenvalue weighted by Crippen LogP contribution is -2.32. The van der Waals surface area contributed by atoms with Gasteiger partial charge in [-0.3, -0.25) is 19.6 Å². The predicted molar refractivity (Wildman–Crippen MR) is 250 cm³/mol. The number of aromatic amines is 2. The number of nitrogens with zero attached hydrogens (tertiary/aromatic N) is 6. The van der Waals surface area contributed by atoms with Crippen molar-refractivity contribution in [2.24, 2.45) is 17.3 Å². The minimum Gasteiger partial charge on any atom is -0.468 e. The first-order valence-corrected chi connectivity index (χ1v) is 21.6. The molecule has 4 aromatic carbocycles. The number of fused-ring (bicyclic) bond motifs is 11. The van der Waals surface area contributed by atoms with E-state index in [1.165, 1.54) is 14.2 Å². The standard InChI is InChI=1S/C55H38N8O4/c1-66-53(64)55(54(65)67-2)47-48(55)52-44(34-21-13-6-14-22-34)40-26-24-38(61-40)42(32-17-9-4-10-18-32)50-46(36(29-58)30-59)45(35(27-56)28-57)49(62-50)41(31-15-7-3-8-16-31)37-23-25-39(60-37)43(51(47)63-52)33-19-11-5-12-20-33/h3-26,35-36,45-48,60-61H,1-2H3/t45-,46-,47?,48?/m1/s1. The molecular weight excluding hydrogens is 837 g/mol. The number of hydrogen-bond acceptors (Lipinski definition) is 10. The van der Waals surface area contributed by atoms with Crippen LogP contribution in [0.4, 0.5) is 0 Å². The maximum absolute atomic E-state index is 14.3. The molecule has 12 nitrogen and oxygen atoms in total. The highest BCUT2D eigenvalue weighted by Gasteiger charge is 2.81. The Labute approximate surface area is 385 Å². The molecule has 1 fully saturated rings. The van der Waals surface area contributed by atoms with E-state index in [9.17, 15) is 30.6 Å². The highest BCUT2D eigenvalue weighted by molar-refractivity contribution is 6.09. The molecule has 0 saturated heterocycles. The smallest absolute Gasteiger partial charge is 0.324 e. The number of aromatic nitrogens is 4. The monoisotopic (exact) mass is 874 g/mol. The van der Waals surface area contributed by atoms with E-state index in [2.05, 4.69) is 34.2 Å². The Morgan fingerprint density at radius 2 is 0.731 bits per heavy atom. The zero-order valence-corrected chi connectivity index (χ0v) is 36.1. The van der Waals surface area contributed by atoms with Crippen LogP contribution in [-0.4, -0.2) is 46.1 Å². The molecule has 5 heterocycles. The van der Waals surface area contributed by atoms with Crippen molar-refractivity contribution in [2.75, 3.05) is 14.2 Å². The number of carbonyl (C=O) groups excluding carboxylic acids is 2. The van der Waals surface area contributed by atoms with Gasteiger partial charge >= 0.3 is 11.9 Å². The van der Waals surface area contributed by atoms with E-state index in [0.29, 0.717) is 78.2 Å². The molecule has 3 aliphatic rings. The number of H-pyrrole nitrogens is 2. The third-order valence-electron chi connectivity index (χ3n) is 13.3. The largest absolute Gasteiger partial charge is 0.468 e. The Bertz CT molecular complexity index is 3210. The lowest BCUT2D eigenvalue weighted by molar-refractivity contribution is -0.162. The molecule has 10 rings (SSSR count). The van der Waals surface area contributed by atoms with Crippen LogP contribution in [0.15, 0.2) is 146 Å². The van der Waals surface area contributed by atoms with Crippen LogP contribution in [0.1, 0.15) is 46.4 Å². The Kier molecular flexibility index (Phi) is 10.5. The van der Waals surface area contributed by atoms with Crippen molar-refractivity contribution in [3.8, 4) is 68.8 Å². The minimum absolute atomic E-state index is 0.347. The fourth-order valence-corrected chi connectivity index (χ4v) is 10.5. The molecule has 0 spiro atoms. The van der Waals surface area contributed by atoms with E-state index in [1.807, 2.05) is 146 Å². The summed E-state index contributed by atoms with van der Waals surface area (Å²) in [6, 6.07) is 54.3. The summed E-state index contributed by atoms with van der Waals surface area (Å²) in [6.45, 7) is 0. The molecule has 322 valence electrons. The number of methoxy groups -OCH3 is 2. The molecule has 1 aliphatic carbocycles. The summed E-state index contributed by atoms with van der Waals surface area (Å²) in [6.07, 6.45) is 0. The average molecular weight is 875 g/mol. The highest BCUT2D eigenvalue weighted by Crippen LogP contribution is 2.75. The number of esters is 2. The van der Waals surface area contributed by atoms with Gasteiger partial charge in [0.2, 0.25) is 0 Å². The molecule has 0 amide bonds. The van der Waals surface area contributed by atoms with Gasteiger partial charge in [-0.05, 0) is 46.5 Å². The van der Waals surface area contributed by atoms with E-state index in [1.54, 1.807) is 0 Å². The summed E-state index contributed by atoms with van der Waals surface area (Å²) in [5.41, 5.74) is 7.28. The SMILES string of the molecule is COC(=O)C1(C(=O)OC)C2c3nc(c(-c4ccccc4)c4ccc([nH]4)c(-c4ccccc4)c4nc(c(-c5ccccc5)c5ccc([nH]5)c3-c3ccccc3)[C@H](C(C#N)C#N)[C@H]4C(C#N)C#N)C21. The molecule has 7 aromatic rings. The second-order valence-corrected chi connectivity index (χ2v) is 16.6. The van der Waals surface area contributed by atoms with Crippen LogP contribution >= 0.6 is 0 Å². The Morgan fingerprint density at radius 1 is 0.463 bits per heavy atom. The molecule has 4 atom stereocenters. The van der Waals surface area contributed by atoms with Crippen molar-refractivity contribution in [2.45, 2.75) is 23.7 Å². The van der Waals surface area contributed by atoms with Gasteiger partial charge in [-0.2, -0.15) is 21.0 Å². The third-order valence-corrected chi connectivity index (χ3v) is 13.3. The van der Waals surface area contributed by atoms with Gasteiger partial charge < -0.3 is 19.4 Å². The number of ether oxygens (including phenoxy) is 2. The molecular formula is C55H38N8O4. The fourth-order valence-electron chi connectivity index (χ4n) is 10.5. The summed E-state index contributed by atoms with van der Waals surface area (Å²) >= 11 is 0. The maximum Gasteiger partial charge on any atom is 0.324 e. The first kappa shape index (κ1) is 41.9. The van der Waals surface area contributed by atoms with Crippen LogP contribution in [0.25, 0.3) is 66.6 Å². The molecule has 2 unspecified atom stereocenters. The van der Waals surface area contributed by atoms with Crippen molar-refractivity contribution in [3.63, 3.8) is 0 Å². The molecule has 3 aromatic heterocycles. The van der Waals surface area contributed by atoms with E-state index in [0.717, 1.165) is 11.1 Å². The topological polar surface area (TPSA) is 205 Å². The maximum atomic E-state index is 14.3. The summed E-state index contributed by atoms with van der Waals surface area (Å²) in [7, 11) is 2.52. The van der Waals surface area contributed by atoms with E-state index < -0.39 is 52.9 Å². The molecule has 67 heavy (non-hydrogen) atoms. The normalized spacial score (nSPS) is 17.6. The number of nitriles is 4. The van der Waals surface area contributed by atoms with Crippen LogP contribution in [0.2, 0.25) is 0 Å². The lowest BCUT2D eigenvalue weighted by Gasteiger charge is -2.23. The highest BCUT2D eigenvalue weighted by atomic mass is 16.5. The second-order valence-electron chi connectivity index (χ2n) is 16.6. The Balaban J connectivity index is 1.50. The molecule has 2 aliphatic heterocycles. The fraction of sp³-hybridized carbons (Fsp3) is 0.164. The zero-order chi connectivity index (χ0) is 46.4. The lowest BCUT2D eigenvalue weighted by atomic mass is 9.72. The zero-order valence-electron chi connectivity index (χ0n) is 36.1. The molecule has 8 bridgehead atoms. The number of carbonyl (C=O) groups is 2. The van der Waals surface area contributed by atoms with Crippen LogP contribution in [0.5, 0.6) is 0 Å². The number of nitrogens with one attached hydrogen (secondary N) is 2. The van der Waals surface area contributed by atoms with Gasteiger partial charge in [0.25, 0.3) is 0 Å².